The van der Waals surface area contributed by atoms with Crippen LogP contribution in [0.4, 0.5) is 11.5 Å². The van der Waals surface area contributed by atoms with Crippen LogP contribution in [-0.2, 0) is 6.42 Å². The maximum Gasteiger partial charge on any atom is 0.135 e. The molecular weight excluding hydrogens is 234 g/mol. The molecule has 1 aromatic carbocycles. The number of hydrogen-bond acceptors (Lipinski definition) is 3. The molecule has 1 aromatic heterocycles. The van der Waals surface area contributed by atoms with E-state index in [-0.39, 0.29) is 0 Å². The Kier molecular flexibility index (Phi) is 4.53. The minimum absolute atomic E-state index is 0.663. The van der Waals surface area contributed by atoms with Gasteiger partial charge in [-0.1, -0.05) is 24.3 Å². The van der Waals surface area contributed by atoms with Crippen molar-refractivity contribution in [3.63, 3.8) is 0 Å². The molecule has 0 unspecified atom stereocenters. The van der Waals surface area contributed by atoms with Crippen molar-refractivity contribution in [1.29, 1.82) is 0 Å². The van der Waals surface area contributed by atoms with Gasteiger partial charge in [-0.25, -0.2) is 4.98 Å². The molecule has 1 heterocycles. The van der Waals surface area contributed by atoms with Crippen molar-refractivity contribution in [2.45, 2.75) is 20.3 Å². The Balaban J connectivity index is 2.34. The van der Waals surface area contributed by atoms with Gasteiger partial charge in [0.05, 0.1) is 0 Å². The molecule has 0 bridgehead atoms. The Labute approximate surface area is 115 Å². The molecule has 0 saturated heterocycles. The van der Waals surface area contributed by atoms with E-state index in [4.69, 9.17) is 5.73 Å². The van der Waals surface area contributed by atoms with Crippen LogP contribution >= 0.6 is 0 Å². The number of aryl methyl sites for hydroxylation is 1. The molecular formula is C16H21N3. The van der Waals surface area contributed by atoms with Crippen molar-refractivity contribution in [2.24, 2.45) is 5.73 Å². The summed E-state index contributed by atoms with van der Waals surface area (Å²) in [5, 5.41) is 0. The highest BCUT2D eigenvalue weighted by Gasteiger charge is 2.11. The average molecular weight is 255 g/mol. The van der Waals surface area contributed by atoms with E-state index in [0.29, 0.717) is 6.54 Å². The number of pyridine rings is 1. The molecule has 0 aliphatic carbocycles. The SMILES string of the molecule is CCN(c1ccccc1)c1ncc(CCN)cc1C. The normalized spacial score (nSPS) is 10.5. The molecule has 0 amide bonds. The van der Waals surface area contributed by atoms with Gasteiger partial charge in [-0.3, -0.25) is 0 Å². The summed E-state index contributed by atoms with van der Waals surface area (Å²) in [5.41, 5.74) is 9.15. The first-order valence-electron chi connectivity index (χ1n) is 6.74. The van der Waals surface area contributed by atoms with Crippen LogP contribution < -0.4 is 10.6 Å². The fraction of sp³-hybridized carbons (Fsp3) is 0.312. The Morgan fingerprint density at radius 3 is 2.53 bits per heavy atom. The molecule has 0 atom stereocenters. The zero-order valence-electron chi connectivity index (χ0n) is 11.6. The topological polar surface area (TPSA) is 42.2 Å². The molecule has 0 aliphatic rings. The lowest BCUT2D eigenvalue weighted by molar-refractivity contribution is 0.935. The summed E-state index contributed by atoms with van der Waals surface area (Å²) >= 11 is 0. The van der Waals surface area contributed by atoms with Crippen LogP contribution in [0.25, 0.3) is 0 Å². The number of nitrogens with two attached hydrogens (primary N) is 1. The summed E-state index contributed by atoms with van der Waals surface area (Å²) in [4.78, 5) is 6.84. The second kappa shape index (κ2) is 6.34. The van der Waals surface area contributed by atoms with Crippen molar-refractivity contribution in [2.75, 3.05) is 18.0 Å². The van der Waals surface area contributed by atoms with E-state index in [1.54, 1.807) is 0 Å². The van der Waals surface area contributed by atoms with Crippen LogP contribution in [0.15, 0.2) is 42.6 Å². The van der Waals surface area contributed by atoms with E-state index >= 15 is 0 Å². The number of benzene rings is 1. The fourth-order valence-electron chi connectivity index (χ4n) is 2.27. The molecule has 0 radical (unpaired) electrons. The van der Waals surface area contributed by atoms with Gasteiger partial charge in [0, 0.05) is 18.4 Å². The smallest absolute Gasteiger partial charge is 0.135 e. The first kappa shape index (κ1) is 13.6. The van der Waals surface area contributed by atoms with Crippen molar-refractivity contribution < 1.29 is 0 Å². The summed E-state index contributed by atoms with van der Waals surface area (Å²) in [6.07, 6.45) is 2.81. The van der Waals surface area contributed by atoms with Gasteiger partial charge in [-0.15, -0.1) is 0 Å². The zero-order chi connectivity index (χ0) is 13.7. The Bertz CT molecular complexity index is 523. The molecule has 3 nitrogen and oxygen atoms in total. The van der Waals surface area contributed by atoms with Crippen molar-refractivity contribution in [1.82, 2.24) is 4.98 Å². The van der Waals surface area contributed by atoms with Crippen LogP contribution in [0.2, 0.25) is 0 Å². The third kappa shape index (κ3) is 3.12. The van der Waals surface area contributed by atoms with Crippen molar-refractivity contribution in [3.05, 3.63) is 53.7 Å². The first-order valence-corrected chi connectivity index (χ1v) is 6.74. The number of aromatic nitrogens is 1. The molecule has 2 aromatic rings. The van der Waals surface area contributed by atoms with E-state index < -0.39 is 0 Å². The quantitative estimate of drug-likeness (QED) is 0.893. The van der Waals surface area contributed by atoms with Crippen LogP contribution in [0, 0.1) is 6.92 Å². The van der Waals surface area contributed by atoms with E-state index in [0.717, 1.165) is 18.8 Å². The lowest BCUT2D eigenvalue weighted by atomic mass is 10.1. The van der Waals surface area contributed by atoms with Gasteiger partial charge in [-0.05, 0) is 50.1 Å². The summed E-state index contributed by atoms with van der Waals surface area (Å²) in [7, 11) is 0. The van der Waals surface area contributed by atoms with Gasteiger partial charge in [0.2, 0.25) is 0 Å². The molecule has 2 rings (SSSR count). The van der Waals surface area contributed by atoms with Crippen LogP contribution in [-0.4, -0.2) is 18.1 Å². The van der Waals surface area contributed by atoms with Gasteiger partial charge in [-0.2, -0.15) is 0 Å². The fourth-order valence-corrected chi connectivity index (χ4v) is 2.27. The molecule has 0 saturated carbocycles. The van der Waals surface area contributed by atoms with Crippen LogP contribution in [0.3, 0.4) is 0 Å². The largest absolute Gasteiger partial charge is 0.330 e. The molecule has 100 valence electrons. The minimum atomic E-state index is 0.663. The standard InChI is InChI=1S/C16H21N3/c1-3-19(15-7-5-4-6-8-15)16-13(2)11-14(9-10-17)12-18-16/h4-8,11-12H,3,9-10,17H2,1-2H3. The first-order chi connectivity index (χ1) is 9.26. The summed E-state index contributed by atoms with van der Waals surface area (Å²) in [6, 6.07) is 12.5. The molecule has 3 heteroatoms. The minimum Gasteiger partial charge on any atom is -0.330 e. The second-order valence-electron chi connectivity index (χ2n) is 4.60. The number of hydrogen-bond donors (Lipinski definition) is 1. The van der Waals surface area contributed by atoms with Gasteiger partial charge in [0.1, 0.15) is 5.82 Å². The highest BCUT2D eigenvalue weighted by molar-refractivity contribution is 5.62. The average Bonchev–Trinajstić information content (AvgIpc) is 2.43. The predicted molar refractivity (Wildman–Crippen MR) is 80.9 cm³/mol. The maximum absolute atomic E-state index is 5.59. The summed E-state index contributed by atoms with van der Waals surface area (Å²) in [6.45, 7) is 5.81. The number of rotatable bonds is 5. The Morgan fingerprint density at radius 2 is 1.95 bits per heavy atom. The Morgan fingerprint density at radius 1 is 1.21 bits per heavy atom. The lowest BCUT2D eigenvalue weighted by Gasteiger charge is -2.24. The number of nitrogens with zero attached hydrogens (tertiary/aromatic N) is 2. The predicted octanol–water partition coefficient (Wildman–Crippen LogP) is 3.05. The highest BCUT2D eigenvalue weighted by Crippen LogP contribution is 2.26. The lowest BCUT2D eigenvalue weighted by Crippen LogP contribution is -2.18. The number of anilines is 2. The van der Waals surface area contributed by atoms with E-state index in [1.165, 1.54) is 16.8 Å². The van der Waals surface area contributed by atoms with Crippen molar-refractivity contribution >= 4 is 11.5 Å². The maximum atomic E-state index is 5.59. The second-order valence-corrected chi connectivity index (χ2v) is 4.60. The van der Waals surface area contributed by atoms with E-state index in [2.05, 4.69) is 54.1 Å². The zero-order valence-corrected chi connectivity index (χ0v) is 11.6. The van der Waals surface area contributed by atoms with Gasteiger partial charge in [0.25, 0.3) is 0 Å². The summed E-state index contributed by atoms with van der Waals surface area (Å²) in [5.74, 6) is 1.02. The Hall–Kier alpha value is -1.87. The molecule has 0 spiro atoms. The molecule has 19 heavy (non-hydrogen) atoms. The highest BCUT2D eigenvalue weighted by atomic mass is 15.2. The van der Waals surface area contributed by atoms with Crippen molar-refractivity contribution in [3.8, 4) is 0 Å². The third-order valence-corrected chi connectivity index (χ3v) is 3.18. The third-order valence-electron chi connectivity index (χ3n) is 3.18. The monoisotopic (exact) mass is 255 g/mol. The molecule has 0 fully saturated rings. The molecule has 0 aliphatic heterocycles. The van der Waals surface area contributed by atoms with E-state index in [9.17, 15) is 0 Å². The number of para-hydroxylation sites is 1. The van der Waals surface area contributed by atoms with Crippen LogP contribution in [0.1, 0.15) is 18.1 Å². The van der Waals surface area contributed by atoms with Gasteiger partial charge in [0.15, 0.2) is 0 Å². The summed E-state index contributed by atoms with van der Waals surface area (Å²) < 4.78 is 0. The van der Waals surface area contributed by atoms with E-state index in [1.807, 2.05) is 12.3 Å². The van der Waals surface area contributed by atoms with Crippen LogP contribution in [0.5, 0.6) is 0 Å². The van der Waals surface area contributed by atoms with Gasteiger partial charge >= 0.3 is 0 Å². The molecule has 2 N–H and O–H groups in total. The van der Waals surface area contributed by atoms with Gasteiger partial charge < -0.3 is 10.6 Å².